The molecule has 3 nitrogen and oxygen atoms in total. The van der Waals surface area contributed by atoms with E-state index >= 15 is 0 Å². The minimum absolute atomic E-state index is 0.346. The van der Waals surface area contributed by atoms with E-state index in [4.69, 9.17) is 16.9 Å². The summed E-state index contributed by atoms with van der Waals surface area (Å²) in [5, 5.41) is 8.66. The molecule has 0 aliphatic rings. The van der Waals surface area contributed by atoms with Gasteiger partial charge in [-0.2, -0.15) is 5.26 Å². The predicted molar refractivity (Wildman–Crippen MR) is 50.4 cm³/mol. The topological polar surface area (TPSA) is 41.6 Å². The molecule has 0 fully saturated rings. The largest absolute Gasteiger partial charge is 0.328 e. The van der Waals surface area contributed by atoms with Gasteiger partial charge >= 0.3 is 0 Å². The molecule has 1 aromatic heterocycles. The number of aromatic nitrogens is 2. The van der Waals surface area contributed by atoms with Gasteiger partial charge in [-0.3, -0.25) is 0 Å². The Bertz CT molecular complexity index is 342. The highest BCUT2D eigenvalue weighted by Gasteiger charge is 2.04. The van der Waals surface area contributed by atoms with E-state index in [1.54, 1.807) is 10.8 Å². The summed E-state index contributed by atoms with van der Waals surface area (Å²) in [6.07, 6.45) is 2.98. The minimum atomic E-state index is 0.346. The van der Waals surface area contributed by atoms with Crippen LogP contribution in [0.4, 0.5) is 0 Å². The summed E-state index contributed by atoms with van der Waals surface area (Å²) in [6.45, 7) is 0. The minimum Gasteiger partial charge on any atom is -0.328 e. The maximum Gasteiger partial charge on any atom is 0.177 e. The average molecular weight is 246 g/mol. The molecule has 0 aliphatic carbocycles. The Morgan fingerprint density at radius 2 is 2.58 bits per heavy atom. The van der Waals surface area contributed by atoms with Crippen LogP contribution < -0.4 is 0 Å². The van der Waals surface area contributed by atoms with Crippen LogP contribution in [0.1, 0.15) is 5.69 Å². The van der Waals surface area contributed by atoms with Gasteiger partial charge in [0.15, 0.2) is 4.73 Å². The van der Waals surface area contributed by atoms with Crippen molar-refractivity contribution < 1.29 is 0 Å². The number of aryl methyl sites for hydroxylation is 1. The summed E-state index contributed by atoms with van der Waals surface area (Å²) in [5.74, 6) is 0. The fourth-order valence-electron chi connectivity index (χ4n) is 0.690. The van der Waals surface area contributed by atoms with Gasteiger partial charge in [0.05, 0.1) is 11.1 Å². The van der Waals surface area contributed by atoms with Crippen LogP contribution in [0.2, 0.25) is 0 Å². The van der Waals surface area contributed by atoms with E-state index in [1.807, 2.05) is 13.1 Å². The molecule has 0 saturated carbocycles. The number of allylic oxidation sites excluding steroid dienone is 1. The first kappa shape index (κ1) is 9.30. The Labute approximate surface area is 83.4 Å². The normalized spacial score (nSPS) is 11.3. The smallest absolute Gasteiger partial charge is 0.177 e. The Morgan fingerprint density at radius 1 is 1.92 bits per heavy atom. The van der Waals surface area contributed by atoms with Crippen LogP contribution in [0.3, 0.4) is 0 Å². The first-order valence-corrected chi connectivity index (χ1v) is 4.26. The highest BCUT2D eigenvalue weighted by molar-refractivity contribution is 9.10. The molecule has 5 heteroatoms. The van der Waals surface area contributed by atoms with Gasteiger partial charge in [0.1, 0.15) is 5.69 Å². The summed E-state index contributed by atoms with van der Waals surface area (Å²) in [4.78, 5) is 4.06. The quantitative estimate of drug-likeness (QED) is 0.714. The number of nitrogens with zero attached hydrogens (tertiary/aromatic N) is 3. The molecule has 0 aromatic carbocycles. The fraction of sp³-hybridized carbons (Fsp3) is 0.143. The fourth-order valence-corrected chi connectivity index (χ4v) is 1.12. The molecule has 0 saturated heterocycles. The number of hydrogen-bond donors (Lipinski definition) is 0. The Kier molecular flexibility index (Phi) is 2.90. The monoisotopic (exact) mass is 245 g/mol. The van der Waals surface area contributed by atoms with Gasteiger partial charge in [0.2, 0.25) is 0 Å². The van der Waals surface area contributed by atoms with Crippen molar-refractivity contribution in [3.63, 3.8) is 0 Å². The maximum atomic E-state index is 8.32. The zero-order valence-corrected chi connectivity index (χ0v) is 8.59. The highest BCUT2D eigenvalue weighted by atomic mass is 79.9. The van der Waals surface area contributed by atoms with Crippen LogP contribution in [0, 0.1) is 11.3 Å². The van der Waals surface area contributed by atoms with Crippen molar-refractivity contribution in [2.45, 2.75) is 0 Å². The van der Waals surface area contributed by atoms with E-state index in [0.717, 1.165) is 0 Å². The summed E-state index contributed by atoms with van der Waals surface area (Å²) in [5.41, 5.74) is 0.590. The number of nitriles is 1. The van der Waals surface area contributed by atoms with Crippen molar-refractivity contribution in [2.24, 2.45) is 7.05 Å². The second kappa shape index (κ2) is 3.74. The van der Waals surface area contributed by atoms with Crippen LogP contribution in [0.25, 0.3) is 5.03 Å². The van der Waals surface area contributed by atoms with Crippen molar-refractivity contribution in [3.05, 3.63) is 22.7 Å². The molecule has 0 amide bonds. The maximum absolute atomic E-state index is 8.32. The lowest BCUT2D eigenvalue weighted by molar-refractivity contribution is 0.881. The molecule has 0 N–H and O–H groups in total. The van der Waals surface area contributed by atoms with Gasteiger partial charge in [-0.15, -0.1) is 0 Å². The third-order valence-corrected chi connectivity index (χ3v) is 2.30. The van der Waals surface area contributed by atoms with Crippen molar-refractivity contribution in [1.29, 1.82) is 5.26 Å². The summed E-state index contributed by atoms with van der Waals surface area (Å²) < 4.78 is 2.45. The van der Waals surface area contributed by atoms with Gasteiger partial charge in [-0.05, 0) is 15.9 Å². The lowest BCUT2D eigenvalue weighted by Crippen LogP contribution is -1.82. The van der Waals surface area contributed by atoms with Crippen LogP contribution in [0.5, 0.6) is 0 Å². The van der Waals surface area contributed by atoms with E-state index in [2.05, 4.69) is 20.9 Å². The van der Waals surface area contributed by atoms with Gasteiger partial charge in [0, 0.05) is 19.3 Å². The summed E-state index contributed by atoms with van der Waals surface area (Å²) in [7, 11) is 1.83. The van der Waals surface area contributed by atoms with Crippen LogP contribution in [0.15, 0.2) is 17.0 Å². The molecular formula is C7H5BrClN3. The lowest BCUT2D eigenvalue weighted by Gasteiger charge is -1.86. The predicted octanol–water partition coefficient (Wildman–Crippen LogP) is 2.29. The Balaban J connectivity index is 3.06. The standard InChI is InChI=1S/C7H5BrClN3/c1-12-4-6(11-7(12)8)5(9)2-3-10/h2,4H,1H3/b5-2-. The van der Waals surface area contributed by atoms with Crippen molar-refractivity contribution in [2.75, 3.05) is 0 Å². The van der Waals surface area contributed by atoms with Gasteiger partial charge < -0.3 is 4.57 Å². The molecule has 0 unspecified atom stereocenters. The van der Waals surface area contributed by atoms with E-state index in [0.29, 0.717) is 15.5 Å². The zero-order chi connectivity index (χ0) is 9.14. The Hall–Kier alpha value is -0.790. The third kappa shape index (κ3) is 1.87. The molecule has 1 rings (SSSR count). The van der Waals surface area contributed by atoms with Crippen LogP contribution in [-0.4, -0.2) is 9.55 Å². The number of rotatable bonds is 1. The lowest BCUT2D eigenvalue weighted by atomic mass is 10.4. The molecule has 0 atom stereocenters. The first-order valence-electron chi connectivity index (χ1n) is 3.09. The molecule has 62 valence electrons. The molecule has 1 heterocycles. The molecule has 0 radical (unpaired) electrons. The molecule has 0 spiro atoms. The van der Waals surface area contributed by atoms with Gasteiger partial charge in [-0.1, -0.05) is 11.6 Å². The SMILES string of the molecule is Cn1cc(/C(Cl)=C/C#N)nc1Br. The van der Waals surface area contributed by atoms with Crippen molar-refractivity contribution >= 4 is 32.6 Å². The van der Waals surface area contributed by atoms with E-state index in [1.165, 1.54) is 6.08 Å². The molecule has 1 aromatic rings. The van der Waals surface area contributed by atoms with E-state index < -0.39 is 0 Å². The number of hydrogen-bond acceptors (Lipinski definition) is 2. The molecular weight excluding hydrogens is 241 g/mol. The summed E-state index contributed by atoms with van der Waals surface area (Å²) in [6, 6.07) is 1.84. The molecule has 0 aliphatic heterocycles. The van der Waals surface area contributed by atoms with Crippen LogP contribution in [-0.2, 0) is 7.05 Å². The zero-order valence-electron chi connectivity index (χ0n) is 6.25. The second-order valence-corrected chi connectivity index (χ2v) is 3.24. The average Bonchev–Trinajstić information content (AvgIpc) is 2.33. The third-order valence-electron chi connectivity index (χ3n) is 1.26. The molecule has 12 heavy (non-hydrogen) atoms. The van der Waals surface area contributed by atoms with Crippen LogP contribution >= 0.6 is 27.5 Å². The second-order valence-electron chi connectivity index (χ2n) is 2.13. The highest BCUT2D eigenvalue weighted by Crippen LogP contribution is 2.19. The first-order chi connectivity index (χ1) is 5.65. The van der Waals surface area contributed by atoms with E-state index in [9.17, 15) is 0 Å². The molecule has 0 bridgehead atoms. The van der Waals surface area contributed by atoms with Gasteiger partial charge in [-0.25, -0.2) is 4.98 Å². The summed E-state index contributed by atoms with van der Waals surface area (Å²) >= 11 is 8.95. The van der Waals surface area contributed by atoms with Crippen molar-refractivity contribution in [1.82, 2.24) is 9.55 Å². The number of halogens is 2. The van der Waals surface area contributed by atoms with Gasteiger partial charge in [0.25, 0.3) is 0 Å². The number of imidazole rings is 1. The Morgan fingerprint density at radius 3 is 3.00 bits per heavy atom. The van der Waals surface area contributed by atoms with E-state index in [-0.39, 0.29) is 0 Å². The van der Waals surface area contributed by atoms with Crippen molar-refractivity contribution in [3.8, 4) is 6.07 Å².